The van der Waals surface area contributed by atoms with Crippen molar-refractivity contribution in [2.45, 2.75) is 39.5 Å². The maximum atomic E-state index is 13.2. The number of aromatic nitrogens is 2. The summed E-state index contributed by atoms with van der Waals surface area (Å²) in [6.07, 6.45) is 4.32. The van der Waals surface area contributed by atoms with Gasteiger partial charge < -0.3 is 4.90 Å². The molecule has 0 N–H and O–H groups in total. The predicted molar refractivity (Wildman–Crippen MR) is 107 cm³/mol. The molecule has 1 saturated heterocycles. The van der Waals surface area contributed by atoms with Crippen LogP contribution in [0.3, 0.4) is 0 Å². The highest BCUT2D eigenvalue weighted by molar-refractivity contribution is 5.94. The summed E-state index contributed by atoms with van der Waals surface area (Å²) in [5.74, 6) is 0.848. The van der Waals surface area contributed by atoms with Crippen LogP contribution in [0.5, 0.6) is 0 Å². The van der Waals surface area contributed by atoms with Crippen molar-refractivity contribution >= 4 is 5.91 Å². The van der Waals surface area contributed by atoms with Gasteiger partial charge in [0.25, 0.3) is 5.91 Å². The average molecular weight is 367 g/mol. The molecule has 1 fully saturated rings. The summed E-state index contributed by atoms with van der Waals surface area (Å²) in [5, 5.41) is 4.77. The zero-order valence-corrected chi connectivity index (χ0v) is 16.5. The molecule has 1 amide bonds. The Kier molecular flexibility index (Phi) is 5.30. The Morgan fingerprint density at radius 2 is 1.81 bits per heavy atom. The number of fused-ring (bicyclic) bond motifs is 1. The third-order valence-electron chi connectivity index (χ3n) is 5.82. The minimum atomic E-state index is 0.117. The zero-order valence-electron chi connectivity index (χ0n) is 16.5. The fourth-order valence-corrected chi connectivity index (χ4v) is 4.16. The van der Waals surface area contributed by atoms with E-state index in [4.69, 9.17) is 5.10 Å². The molecule has 1 aromatic carbocycles. The smallest absolute Gasteiger partial charge is 0.274 e. The van der Waals surface area contributed by atoms with Crippen LogP contribution in [0.1, 0.15) is 48.4 Å². The summed E-state index contributed by atoms with van der Waals surface area (Å²) >= 11 is 0. The van der Waals surface area contributed by atoms with Gasteiger partial charge in [-0.05, 0) is 50.3 Å². The molecule has 2 aromatic rings. The SMILES string of the molecule is CC(C)CCN1CCN(C(=O)c2nn(-c3ccccc3)c3c2CCC3)CC1. The monoisotopic (exact) mass is 366 g/mol. The number of rotatable bonds is 5. The van der Waals surface area contributed by atoms with Crippen LogP contribution in [0.15, 0.2) is 30.3 Å². The first-order valence-corrected chi connectivity index (χ1v) is 10.3. The van der Waals surface area contributed by atoms with Crippen molar-refractivity contribution in [3.63, 3.8) is 0 Å². The quantitative estimate of drug-likeness (QED) is 0.816. The Morgan fingerprint density at radius 1 is 1.07 bits per heavy atom. The van der Waals surface area contributed by atoms with Gasteiger partial charge >= 0.3 is 0 Å². The maximum Gasteiger partial charge on any atom is 0.274 e. The lowest BCUT2D eigenvalue weighted by molar-refractivity contribution is 0.0624. The van der Waals surface area contributed by atoms with Crippen LogP contribution >= 0.6 is 0 Å². The van der Waals surface area contributed by atoms with Gasteiger partial charge in [0.1, 0.15) is 0 Å². The predicted octanol–water partition coefficient (Wildman–Crippen LogP) is 3.16. The minimum Gasteiger partial charge on any atom is -0.335 e. The minimum absolute atomic E-state index is 0.117. The highest BCUT2D eigenvalue weighted by Gasteiger charge is 2.30. The van der Waals surface area contributed by atoms with E-state index in [1.54, 1.807) is 0 Å². The number of hydrogen-bond acceptors (Lipinski definition) is 3. The summed E-state index contributed by atoms with van der Waals surface area (Å²) in [6, 6.07) is 10.2. The third-order valence-corrected chi connectivity index (χ3v) is 5.82. The number of para-hydroxylation sites is 1. The maximum absolute atomic E-state index is 13.2. The van der Waals surface area contributed by atoms with Crippen LogP contribution in [0, 0.1) is 5.92 Å². The van der Waals surface area contributed by atoms with E-state index in [0.717, 1.165) is 63.6 Å². The van der Waals surface area contributed by atoms with Crippen molar-refractivity contribution in [1.29, 1.82) is 0 Å². The van der Waals surface area contributed by atoms with Gasteiger partial charge in [-0.2, -0.15) is 5.10 Å². The van der Waals surface area contributed by atoms with E-state index in [0.29, 0.717) is 5.69 Å². The highest BCUT2D eigenvalue weighted by Crippen LogP contribution is 2.28. The first kappa shape index (κ1) is 18.2. The molecule has 1 aromatic heterocycles. The number of benzene rings is 1. The van der Waals surface area contributed by atoms with Crippen molar-refractivity contribution in [2.75, 3.05) is 32.7 Å². The van der Waals surface area contributed by atoms with E-state index in [1.165, 1.54) is 17.7 Å². The van der Waals surface area contributed by atoms with Gasteiger partial charge in [0.05, 0.1) is 5.69 Å². The lowest BCUT2D eigenvalue weighted by Gasteiger charge is -2.34. The van der Waals surface area contributed by atoms with E-state index < -0.39 is 0 Å². The average Bonchev–Trinajstić information content (AvgIpc) is 3.29. The topological polar surface area (TPSA) is 41.4 Å². The molecule has 1 aliphatic carbocycles. The molecule has 2 heterocycles. The van der Waals surface area contributed by atoms with Crippen LogP contribution in [-0.2, 0) is 12.8 Å². The molecule has 0 spiro atoms. The van der Waals surface area contributed by atoms with Gasteiger partial charge in [-0.3, -0.25) is 9.69 Å². The molecule has 4 rings (SSSR count). The lowest BCUT2D eigenvalue weighted by Crippen LogP contribution is -2.49. The van der Waals surface area contributed by atoms with Gasteiger partial charge in [-0.25, -0.2) is 4.68 Å². The van der Waals surface area contributed by atoms with Gasteiger partial charge in [0, 0.05) is 37.4 Å². The van der Waals surface area contributed by atoms with Gasteiger partial charge in [0.15, 0.2) is 5.69 Å². The number of carbonyl (C=O) groups is 1. The van der Waals surface area contributed by atoms with Crippen molar-refractivity contribution < 1.29 is 4.79 Å². The van der Waals surface area contributed by atoms with Crippen LogP contribution in [0.25, 0.3) is 5.69 Å². The molecule has 2 aliphatic rings. The fourth-order valence-electron chi connectivity index (χ4n) is 4.16. The van der Waals surface area contributed by atoms with E-state index in [-0.39, 0.29) is 5.91 Å². The molecule has 0 atom stereocenters. The summed E-state index contributed by atoms with van der Waals surface area (Å²) < 4.78 is 1.99. The summed E-state index contributed by atoms with van der Waals surface area (Å²) in [4.78, 5) is 17.7. The number of nitrogens with zero attached hydrogens (tertiary/aromatic N) is 4. The second-order valence-corrected chi connectivity index (χ2v) is 8.19. The second-order valence-electron chi connectivity index (χ2n) is 8.19. The van der Waals surface area contributed by atoms with Gasteiger partial charge in [-0.15, -0.1) is 0 Å². The Labute approximate surface area is 162 Å². The molecule has 0 bridgehead atoms. The van der Waals surface area contributed by atoms with E-state index >= 15 is 0 Å². The standard InChI is InChI=1S/C22H30N4O/c1-17(2)11-12-24-13-15-25(16-14-24)22(27)21-19-9-6-10-20(19)26(23-21)18-7-4-3-5-8-18/h3-5,7-8,17H,6,9-16H2,1-2H3. The first-order chi connectivity index (χ1) is 13.1. The summed E-state index contributed by atoms with van der Waals surface area (Å²) in [7, 11) is 0. The Morgan fingerprint density at radius 3 is 2.52 bits per heavy atom. The molecule has 5 heteroatoms. The Bertz CT molecular complexity index is 788. The van der Waals surface area contributed by atoms with E-state index in [9.17, 15) is 4.79 Å². The van der Waals surface area contributed by atoms with Gasteiger partial charge in [0.2, 0.25) is 0 Å². The van der Waals surface area contributed by atoms with Crippen molar-refractivity contribution in [2.24, 2.45) is 5.92 Å². The molecule has 5 nitrogen and oxygen atoms in total. The zero-order chi connectivity index (χ0) is 18.8. The van der Waals surface area contributed by atoms with Gasteiger partial charge in [-0.1, -0.05) is 32.0 Å². The Balaban J connectivity index is 1.49. The third kappa shape index (κ3) is 3.79. The molecule has 0 unspecified atom stereocenters. The number of amides is 1. The van der Waals surface area contributed by atoms with E-state index in [1.807, 2.05) is 27.8 Å². The lowest BCUT2D eigenvalue weighted by atomic mass is 10.1. The molecule has 144 valence electrons. The van der Waals surface area contributed by atoms with E-state index in [2.05, 4.69) is 30.9 Å². The number of piperazine rings is 1. The van der Waals surface area contributed by atoms with Crippen molar-refractivity contribution in [3.8, 4) is 5.69 Å². The molecule has 0 saturated carbocycles. The number of hydrogen-bond donors (Lipinski definition) is 0. The van der Waals surface area contributed by atoms with Crippen LogP contribution < -0.4 is 0 Å². The van der Waals surface area contributed by atoms with Crippen LogP contribution in [0.4, 0.5) is 0 Å². The number of carbonyl (C=O) groups excluding carboxylic acids is 1. The normalized spacial score (nSPS) is 17.5. The largest absolute Gasteiger partial charge is 0.335 e. The molecular formula is C22H30N4O. The molecular weight excluding hydrogens is 336 g/mol. The molecule has 1 aliphatic heterocycles. The fraction of sp³-hybridized carbons (Fsp3) is 0.545. The summed E-state index contributed by atoms with van der Waals surface area (Å²) in [6.45, 7) is 9.23. The Hall–Kier alpha value is -2.14. The highest BCUT2D eigenvalue weighted by atomic mass is 16.2. The first-order valence-electron chi connectivity index (χ1n) is 10.3. The summed E-state index contributed by atoms with van der Waals surface area (Å²) in [5.41, 5.74) is 4.13. The molecule has 27 heavy (non-hydrogen) atoms. The van der Waals surface area contributed by atoms with Crippen molar-refractivity contribution in [3.05, 3.63) is 47.3 Å². The van der Waals surface area contributed by atoms with Crippen molar-refractivity contribution in [1.82, 2.24) is 19.6 Å². The van der Waals surface area contributed by atoms with Crippen LogP contribution in [-0.4, -0.2) is 58.2 Å². The van der Waals surface area contributed by atoms with Crippen LogP contribution in [0.2, 0.25) is 0 Å². The second kappa shape index (κ2) is 7.85. The molecule has 0 radical (unpaired) electrons.